The summed E-state index contributed by atoms with van der Waals surface area (Å²) in [5.41, 5.74) is 6.78. The van der Waals surface area contributed by atoms with E-state index >= 15 is 0 Å². The molecule has 1 amide bonds. The summed E-state index contributed by atoms with van der Waals surface area (Å²) in [6.07, 6.45) is 0. The van der Waals surface area contributed by atoms with Gasteiger partial charge in [0.1, 0.15) is 0 Å². The number of carbonyl (C=O) groups is 1. The fraction of sp³-hybridized carbons (Fsp3) is 0.533. The molecule has 0 spiro atoms. The van der Waals surface area contributed by atoms with Gasteiger partial charge in [0, 0.05) is 19.1 Å². The molecule has 20 heavy (non-hydrogen) atoms. The Labute approximate surface area is 120 Å². The quantitative estimate of drug-likeness (QED) is 0.865. The van der Waals surface area contributed by atoms with Crippen LogP contribution in [0.15, 0.2) is 18.2 Å². The Hall–Kier alpha value is -1.75. The summed E-state index contributed by atoms with van der Waals surface area (Å²) in [6.45, 7) is 5.80. The second kappa shape index (κ2) is 7.14. The van der Waals surface area contributed by atoms with E-state index in [0.717, 1.165) is 5.56 Å². The zero-order chi connectivity index (χ0) is 15.3. The lowest BCUT2D eigenvalue weighted by molar-refractivity contribution is -0.133. The van der Waals surface area contributed by atoms with Crippen LogP contribution in [0.4, 0.5) is 0 Å². The standard InChI is InChI=1S/C15H24N2O3/c1-10(2)17(4)15(18)9-20-13-7-6-12(11(3)16)8-14(13)19-5/h6-8,10-11H,9,16H2,1-5H3/t11-/m0/s1. The highest BCUT2D eigenvalue weighted by molar-refractivity contribution is 5.77. The van der Waals surface area contributed by atoms with Gasteiger partial charge in [0.25, 0.3) is 5.91 Å². The highest BCUT2D eigenvalue weighted by Gasteiger charge is 2.14. The normalized spacial score (nSPS) is 12.2. The molecule has 1 aromatic rings. The molecule has 5 nitrogen and oxygen atoms in total. The van der Waals surface area contributed by atoms with Gasteiger partial charge >= 0.3 is 0 Å². The van der Waals surface area contributed by atoms with Crippen LogP contribution in [0, 0.1) is 0 Å². The van der Waals surface area contributed by atoms with Crippen molar-refractivity contribution in [3.05, 3.63) is 23.8 Å². The minimum absolute atomic E-state index is 0.0113. The number of carbonyl (C=O) groups excluding carboxylic acids is 1. The average molecular weight is 280 g/mol. The molecule has 0 unspecified atom stereocenters. The molecule has 0 aromatic heterocycles. The van der Waals surface area contributed by atoms with Gasteiger partial charge in [0.15, 0.2) is 18.1 Å². The van der Waals surface area contributed by atoms with Gasteiger partial charge in [-0.3, -0.25) is 4.79 Å². The Bertz CT molecular complexity index is 458. The third kappa shape index (κ3) is 4.13. The van der Waals surface area contributed by atoms with Crippen LogP contribution in [-0.4, -0.2) is 37.6 Å². The molecule has 0 aliphatic carbocycles. The molecule has 112 valence electrons. The summed E-state index contributed by atoms with van der Waals surface area (Å²) < 4.78 is 10.8. The summed E-state index contributed by atoms with van der Waals surface area (Å²) >= 11 is 0. The van der Waals surface area contributed by atoms with Crippen LogP contribution in [0.25, 0.3) is 0 Å². The van der Waals surface area contributed by atoms with Gasteiger partial charge in [-0.25, -0.2) is 0 Å². The van der Waals surface area contributed by atoms with E-state index in [4.69, 9.17) is 15.2 Å². The first-order valence-corrected chi connectivity index (χ1v) is 6.68. The molecule has 1 atom stereocenters. The number of nitrogens with zero attached hydrogens (tertiary/aromatic N) is 1. The zero-order valence-corrected chi connectivity index (χ0v) is 12.8. The van der Waals surface area contributed by atoms with E-state index in [1.54, 1.807) is 25.1 Å². The Morgan fingerprint density at radius 3 is 2.45 bits per heavy atom. The van der Waals surface area contributed by atoms with Crippen LogP contribution in [0.5, 0.6) is 11.5 Å². The number of likely N-dealkylation sites (N-methyl/N-ethyl adjacent to an activating group) is 1. The van der Waals surface area contributed by atoms with Gasteiger partial charge in [-0.15, -0.1) is 0 Å². The smallest absolute Gasteiger partial charge is 0.260 e. The third-order valence-electron chi connectivity index (χ3n) is 3.23. The number of ether oxygens (including phenoxy) is 2. The van der Waals surface area contributed by atoms with Gasteiger partial charge < -0.3 is 20.1 Å². The number of benzene rings is 1. The van der Waals surface area contributed by atoms with Gasteiger partial charge in [-0.05, 0) is 38.5 Å². The number of hydrogen-bond acceptors (Lipinski definition) is 4. The molecule has 1 rings (SSSR count). The van der Waals surface area contributed by atoms with Crippen LogP contribution >= 0.6 is 0 Å². The molecular formula is C15H24N2O3. The molecule has 1 aromatic carbocycles. The third-order valence-corrected chi connectivity index (χ3v) is 3.23. The van der Waals surface area contributed by atoms with Crippen molar-refractivity contribution in [3.8, 4) is 11.5 Å². The van der Waals surface area contributed by atoms with Crippen molar-refractivity contribution in [1.29, 1.82) is 0 Å². The number of methoxy groups -OCH3 is 1. The van der Waals surface area contributed by atoms with E-state index in [-0.39, 0.29) is 24.6 Å². The van der Waals surface area contributed by atoms with Crippen LogP contribution in [0.3, 0.4) is 0 Å². The molecule has 0 heterocycles. The first-order valence-electron chi connectivity index (χ1n) is 6.68. The van der Waals surface area contributed by atoms with Crippen molar-refractivity contribution >= 4 is 5.91 Å². The van der Waals surface area contributed by atoms with Crippen LogP contribution in [0.2, 0.25) is 0 Å². The van der Waals surface area contributed by atoms with Crippen LogP contribution < -0.4 is 15.2 Å². The molecule has 0 aliphatic heterocycles. The lowest BCUT2D eigenvalue weighted by Crippen LogP contribution is -2.36. The Kier molecular flexibility index (Phi) is 5.82. The van der Waals surface area contributed by atoms with Gasteiger partial charge in [0.2, 0.25) is 0 Å². The molecule has 0 aliphatic rings. The average Bonchev–Trinajstić information content (AvgIpc) is 2.43. The molecule has 5 heteroatoms. The van der Waals surface area contributed by atoms with E-state index in [2.05, 4.69) is 0 Å². The first-order chi connectivity index (χ1) is 9.36. The molecule has 0 radical (unpaired) electrons. The van der Waals surface area contributed by atoms with Crippen LogP contribution in [-0.2, 0) is 4.79 Å². The maximum absolute atomic E-state index is 11.9. The Balaban J connectivity index is 2.75. The Morgan fingerprint density at radius 1 is 1.30 bits per heavy atom. The minimum atomic E-state index is -0.0772. The number of rotatable bonds is 6. The predicted octanol–water partition coefficient (Wildman–Crippen LogP) is 1.96. The molecule has 0 saturated heterocycles. The highest BCUT2D eigenvalue weighted by Crippen LogP contribution is 2.29. The van der Waals surface area contributed by atoms with Crippen molar-refractivity contribution in [2.24, 2.45) is 5.73 Å². The monoisotopic (exact) mass is 280 g/mol. The van der Waals surface area contributed by atoms with Crippen molar-refractivity contribution in [2.45, 2.75) is 32.9 Å². The predicted molar refractivity (Wildman–Crippen MR) is 79.0 cm³/mol. The van der Waals surface area contributed by atoms with E-state index in [9.17, 15) is 4.79 Å². The molecular weight excluding hydrogens is 256 g/mol. The minimum Gasteiger partial charge on any atom is -0.493 e. The molecule has 2 N–H and O–H groups in total. The largest absolute Gasteiger partial charge is 0.493 e. The lowest BCUT2D eigenvalue weighted by Gasteiger charge is -2.21. The zero-order valence-electron chi connectivity index (χ0n) is 12.8. The van der Waals surface area contributed by atoms with Crippen molar-refractivity contribution in [3.63, 3.8) is 0 Å². The maximum Gasteiger partial charge on any atom is 0.260 e. The van der Waals surface area contributed by atoms with E-state index in [0.29, 0.717) is 11.5 Å². The van der Waals surface area contributed by atoms with Crippen molar-refractivity contribution in [2.75, 3.05) is 20.8 Å². The number of hydrogen-bond donors (Lipinski definition) is 1. The summed E-state index contributed by atoms with van der Waals surface area (Å²) in [5, 5.41) is 0. The van der Waals surface area contributed by atoms with Crippen molar-refractivity contribution in [1.82, 2.24) is 4.90 Å². The lowest BCUT2D eigenvalue weighted by atomic mass is 10.1. The topological polar surface area (TPSA) is 64.8 Å². The second-order valence-electron chi connectivity index (χ2n) is 5.09. The summed E-state index contributed by atoms with van der Waals surface area (Å²) in [4.78, 5) is 13.5. The SMILES string of the molecule is COc1cc([C@H](C)N)ccc1OCC(=O)N(C)C(C)C. The fourth-order valence-corrected chi connectivity index (χ4v) is 1.62. The summed E-state index contributed by atoms with van der Waals surface area (Å²) in [6, 6.07) is 5.55. The Morgan fingerprint density at radius 2 is 1.95 bits per heavy atom. The molecule has 0 fully saturated rings. The van der Waals surface area contributed by atoms with Crippen LogP contribution in [0.1, 0.15) is 32.4 Å². The number of nitrogens with two attached hydrogens (primary N) is 1. The van der Waals surface area contributed by atoms with E-state index < -0.39 is 0 Å². The molecule has 0 saturated carbocycles. The fourth-order valence-electron chi connectivity index (χ4n) is 1.62. The van der Waals surface area contributed by atoms with Crippen molar-refractivity contribution < 1.29 is 14.3 Å². The highest BCUT2D eigenvalue weighted by atomic mass is 16.5. The molecule has 0 bridgehead atoms. The van der Waals surface area contributed by atoms with E-state index in [1.807, 2.05) is 32.9 Å². The summed E-state index contributed by atoms with van der Waals surface area (Å²) in [5.74, 6) is 1.06. The van der Waals surface area contributed by atoms with E-state index in [1.165, 1.54) is 0 Å². The first kappa shape index (κ1) is 16.3. The maximum atomic E-state index is 11.9. The summed E-state index contributed by atoms with van der Waals surface area (Å²) in [7, 11) is 3.32. The van der Waals surface area contributed by atoms with Gasteiger partial charge in [0.05, 0.1) is 7.11 Å². The number of amides is 1. The van der Waals surface area contributed by atoms with Gasteiger partial charge in [-0.1, -0.05) is 6.07 Å². The van der Waals surface area contributed by atoms with Gasteiger partial charge in [-0.2, -0.15) is 0 Å². The second-order valence-corrected chi connectivity index (χ2v) is 5.09.